The second-order valence-electron chi connectivity index (χ2n) is 7.78. The first-order valence-electron chi connectivity index (χ1n) is 9.58. The molecular formula is C20H29N3O. The van der Waals surface area contributed by atoms with Crippen LogP contribution in [0.15, 0.2) is 30.3 Å². The fourth-order valence-electron chi connectivity index (χ4n) is 4.25. The molecule has 24 heavy (non-hydrogen) atoms. The Labute approximate surface area is 145 Å². The molecule has 4 heteroatoms. The summed E-state index contributed by atoms with van der Waals surface area (Å²) < 4.78 is 0. The van der Waals surface area contributed by atoms with Crippen LogP contribution in [0.3, 0.4) is 0 Å². The highest BCUT2D eigenvalue weighted by atomic mass is 16.2. The molecule has 4 nitrogen and oxygen atoms in total. The van der Waals surface area contributed by atoms with Gasteiger partial charge < -0.3 is 5.32 Å². The van der Waals surface area contributed by atoms with Crippen molar-refractivity contribution >= 4 is 5.91 Å². The fraction of sp³-hybridized carbons (Fsp3) is 0.650. The second kappa shape index (κ2) is 7.24. The molecule has 0 aromatic heterocycles. The summed E-state index contributed by atoms with van der Waals surface area (Å²) in [5.41, 5.74) is 1.34. The highest BCUT2D eigenvalue weighted by Crippen LogP contribution is 2.30. The normalized spacial score (nSPS) is 28.8. The molecule has 3 fully saturated rings. The van der Waals surface area contributed by atoms with E-state index in [4.69, 9.17) is 0 Å². The average molecular weight is 327 g/mol. The summed E-state index contributed by atoms with van der Waals surface area (Å²) in [5, 5.41) is 3.34. The topological polar surface area (TPSA) is 35.6 Å². The van der Waals surface area contributed by atoms with Crippen LogP contribution in [0.1, 0.15) is 37.7 Å². The van der Waals surface area contributed by atoms with Crippen LogP contribution in [-0.4, -0.2) is 54.0 Å². The lowest BCUT2D eigenvalue weighted by Crippen LogP contribution is -2.46. The first-order chi connectivity index (χ1) is 11.8. The van der Waals surface area contributed by atoms with Crippen molar-refractivity contribution in [2.75, 3.05) is 26.2 Å². The quantitative estimate of drug-likeness (QED) is 0.901. The predicted molar refractivity (Wildman–Crippen MR) is 95.6 cm³/mol. The van der Waals surface area contributed by atoms with Gasteiger partial charge in [-0.2, -0.15) is 0 Å². The van der Waals surface area contributed by atoms with Crippen LogP contribution >= 0.6 is 0 Å². The van der Waals surface area contributed by atoms with E-state index in [-0.39, 0.29) is 11.8 Å². The standard InChI is InChI=1S/C20H29N3O/c24-20(21-18-10-12-23(15-18)19-8-9-19)17-7-4-11-22(14-17)13-16-5-2-1-3-6-16/h1-3,5-6,17-19H,4,7-15H2,(H,21,24). The molecule has 2 atom stereocenters. The number of hydrogen-bond acceptors (Lipinski definition) is 3. The molecule has 1 aromatic rings. The second-order valence-corrected chi connectivity index (χ2v) is 7.78. The van der Waals surface area contributed by atoms with Crippen LogP contribution in [0.25, 0.3) is 0 Å². The van der Waals surface area contributed by atoms with E-state index in [0.29, 0.717) is 6.04 Å². The van der Waals surface area contributed by atoms with Gasteiger partial charge in [-0.15, -0.1) is 0 Å². The number of amides is 1. The minimum Gasteiger partial charge on any atom is -0.352 e. The number of piperidine rings is 1. The molecule has 0 radical (unpaired) electrons. The molecule has 1 N–H and O–H groups in total. The Morgan fingerprint density at radius 3 is 2.67 bits per heavy atom. The summed E-state index contributed by atoms with van der Waals surface area (Å²) in [6.45, 7) is 5.21. The number of carbonyl (C=O) groups is 1. The number of carbonyl (C=O) groups excluding carboxylic acids is 1. The number of nitrogens with one attached hydrogen (secondary N) is 1. The van der Waals surface area contributed by atoms with Crippen LogP contribution in [0, 0.1) is 5.92 Å². The van der Waals surface area contributed by atoms with E-state index in [2.05, 4.69) is 45.4 Å². The van der Waals surface area contributed by atoms with E-state index in [0.717, 1.165) is 51.5 Å². The molecule has 1 saturated carbocycles. The summed E-state index contributed by atoms with van der Waals surface area (Å²) >= 11 is 0. The van der Waals surface area contributed by atoms with E-state index >= 15 is 0 Å². The Morgan fingerprint density at radius 2 is 1.88 bits per heavy atom. The van der Waals surface area contributed by atoms with E-state index in [1.807, 2.05) is 0 Å². The zero-order chi connectivity index (χ0) is 16.4. The van der Waals surface area contributed by atoms with Gasteiger partial charge in [-0.05, 0) is 44.2 Å². The van der Waals surface area contributed by atoms with Crippen molar-refractivity contribution in [3.63, 3.8) is 0 Å². The highest BCUT2D eigenvalue weighted by molar-refractivity contribution is 5.79. The number of nitrogens with zero attached hydrogens (tertiary/aromatic N) is 2. The van der Waals surface area contributed by atoms with Gasteiger partial charge >= 0.3 is 0 Å². The summed E-state index contributed by atoms with van der Waals surface area (Å²) in [7, 11) is 0. The SMILES string of the molecule is O=C(NC1CCN(C2CC2)C1)C1CCCN(Cc2ccccc2)C1. The molecule has 2 heterocycles. The van der Waals surface area contributed by atoms with Gasteiger partial charge in [0, 0.05) is 38.3 Å². The maximum Gasteiger partial charge on any atom is 0.224 e. The average Bonchev–Trinajstić information content (AvgIpc) is 3.36. The molecule has 2 unspecified atom stereocenters. The smallest absolute Gasteiger partial charge is 0.224 e. The predicted octanol–water partition coefficient (Wildman–Crippen LogP) is 2.25. The van der Waals surface area contributed by atoms with Crippen molar-refractivity contribution in [2.24, 2.45) is 5.92 Å². The molecule has 1 aromatic carbocycles. The van der Waals surface area contributed by atoms with Gasteiger partial charge in [0.15, 0.2) is 0 Å². The summed E-state index contributed by atoms with van der Waals surface area (Å²) in [4.78, 5) is 17.7. The first kappa shape index (κ1) is 16.1. The van der Waals surface area contributed by atoms with Crippen LogP contribution in [0.4, 0.5) is 0 Å². The highest BCUT2D eigenvalue weighted by Gasteiger charge is 2.35. The molecule has 130 valence electrons. The van der Waals surface area contributed by atoms with E-state index in [1.54, 1.807) is 0 Å². The third kappa shape index (κ3) is 3.98. The lowest BCUT2D eigenvalue weighted by atomic mass is 9.96. The molecule has 0 bridgehead atoms. The van der Waals surface area contributed by atoms with Crippen LogP contribution in [0.5, 0.6) is 0 Å². The maximum atomic E-state index is 12.7. The van der Waals surface area contributed by atoms with E-state index < -0.39 is 0 Å². The first-order valence-corrected chi connectivity index (χ1v) is 9.58. The molecule has 0 spiro atoms. The molecule has 3 aliphatic rings. The Bertz CT molecular complexity index is 557. The maximum absolute atomic E-state index is 12.7. The van der Waals surface area contributed by atoms with Crippen LogP contribution in [-0.2, 0) is 11.3 Å². The number of rotatable bonds is 5. The van der Waals surface area contributed by atoms with Crippen molar-refractivity contribution < 1.29 is 4.79 Å². The van der Waals surface area contributed by atoms with Gasteiger partial charge in [-0.3, -0.25) is 14.6 Å². The molecule has 2 saturated heterocycles. The zero-order valence-corrected chi connectivity index (χ0v) is 14.5. The molecular weight excluding hydrogens is 298 g/mol. The lowest BCUT2D eigenvalue weighted by molar-refractivity contribution is -0.127. The monoisotopic (exact) mass is 327 g/mol. The summed E-state index contributed by atoms with van der Waals surface area (Å²) in [6, 6.07) is 11.8. The Hall–Kier alpha value is -1.39. The fourth-order valence-corrected chi connectivity index (χ4v) is 4.25. The number of hydrogen-bond donors (Lipinski definition) is 1. The van der Waals surface area contributed by atoms with Gasteiger partial charge in [-0.25, -0.2) is 0 Å². The van der Waals surface area contributed by atoms with Gasteiger partial charge in [0.25, 0.3) is 0 Å². The van der Waals surface area contributed by atoms with Crippen molar-refractivity contribution in [3.8, 4) is 0 Å². The van der Waals surface area contributed by atoms with Crippen LogP contribution < -0.4 is 5.32 Å². The van der Waals surface area contributed by atoms with Crippen molar-refractivity contribution in [1.29, 1.82) is 0 Å². The van der Waals surface area contributed by atoms with E-state index in [9.17, 15) is 4.79 Å². The zero-order valence-electron chi connectivity index (χ0n) is 14.5. The van der Waals surface area contributed by atoms with E-state index in [1.165, 1.54) is 24.9 Å². The molecule has 2 aliphatic heterocycles. The lowest BCUT2D eigenvalue weighted by Gasteiger charge is -2.32. The molecule has 1 amide bonds. The van der Waals surface area contributed by atoms with Crippen molar-refractivity contribution in [2.45, 2.75) is 50.7 Å². The Balaban J connectivity index is 1.26. The van der Waals surface area contributed by atoms with Gasteiger partial charge in [0.05, 0.1) is 5.92 Å². The van der Waals surface area contributed by atoms with Crippen LogP contribution in [0.2, 0.25) is 0 Å². The summed E-state index contributed by atoms with van der Waals surface area (Å²) in [5.74, 6) is 0.452. The Kier molecular flexibility index (Phi) is 4.86. The van der Waals surface area contributed by atoms with Gasteiger partial charge in [0.1, 0.15) is 0 Å². The third-order valence-electron chi connectivity index (χ3n) is 5.75. The number of benzene rings is 1. The van der Waals surface area contributed by atoms with Gasteiger partial charge in [-0.1, -0.05) is 30.3 Å². The Morgan fingerprint density at radius 1 is 1.04 bits per heavy atom. The van der Waals surface area contributed by atoms with Crippen molar-refractivity contribution in [1.82, 2.24) is 15.1 Å². The number of likely N-dealkylation sites (tertiary alicyclic amines) is 2. The third-order valence-corrected chi connectivity index (χ3v) is 5.75. The van der Waals surface area contributed by atoms with Crippen molar-refractivity contribution in [3.05, 3.63) is 35.9 Å². The molecule has 4 rings (SSSR count). The minimum atomic E-state index is 0.164. The largest absolute Gasteiger partial charge is 0.352 e. The minimum absolute atomic E-state index is 0.164. The molecule has 1 aliphatic carbocycles. The van der Waals surface area contributed by atoms with Gasteiger partial charge in [0.2, 0.25) is 5.91 Å². The summed E-state index contributed by atoms with van der Waals surface area (Å²) in [6.07, 6.45) is 6.01.